The fraction of sp³-hybridized carbons (Fsp3) is 0.0625. The lowest BCUT2D eigenvalue weighted by atomic mass is 10.1. The molecular formula is C16H11F3N2S. The summed E-state index contributed by atoms with van der Waals surface area (Å²) < 4.78 is 37.7. The Hall–Kier alpha value is -2.34. The highest BCUT2D eigenvalue weighted by atomic mass is 32.1. The van der Waals surface area contributed by atoms with Gasteiger partial charge in [-0.3, -0.25) is 0 Å². The number of alkyl halides is 3. The topological polar surface area (TPSA) is 38.9 Å². The number of halogens is 3. The molecule has 2 nitrogen and oxygen atoms in total. The Balaban J connectivity index is 1.89. The minimum Gasteiger partial charge on any atom is -0.399 e. The Morgan fingerprint density at radius 1 is 0.864 bits per heavy atom. The molecule has 0 aliphatic rings. The lowest BCUT2D eigenvalue weighted by Gasteiger charge is -2.06. The van der Waals surface area contributed by atoms with Gasteiger partial charge in [-0.15, -0.1) is 11.3 Å². The summed E-state index contributed by atoms with van der Waals surface area (Å²) in [5, 5.41) is 2.63. The summed E-state index contributed by atoms with van der Waals surface area (Å²) in [7, 11) is 0. The molecule has 2 N–H and O–H groups in total. The summed E-state index contributed by atoms with van der Waals surface area (Å²) in [6, 6.07) is 12.3. The van der Waals surface area contributed by atoms with Gasteiger partial charge in [0.05, 0.1) is 11.3 Å². The number of nitrogen functional groups attached to an aromatic ring is 1. The van der Waals surface area contributed by atoms with Crippen LogP contribution in [0, 0.1) is 0 Å². The lowest BCUT2D eigenvalue weighted by Crippen LogP contribution is -2.03. The molecule has 1 aromatic heterocycles. The standard InChI is InChI=1S/C16H11F3N2S/c17-16(18,19)12-5-1-10(2-6-12)14-9-22-15(21-14)11-3-7-13(20)8-4-11/h1-9H,20H2. The van der Waals surface area contributed by atoms with Crippen LogP contribution in [0.2, 0.25) is 0 Å². The molecule has 0 spiro atoms. The van der Waals surface area contributed by atoms with Crippen LogP contribution in [0.4, 0.5) is 18.9 Å². The molecule has 0 aliphatic heterocycles. The molecule has 3 rings (SSSR count). The van der Waals surface area contributed by atoms with Crippen molar-refractivity contribution in [2.45, 2.75) is 6.18 Å². The molecule has 2 aromatic carbocycles. The Bertz CT molecular complexity index is 774. The normalized spacial score (nSPS) is 11.6. The van der Waals surface area contributed by atoms with Gasteiger partial charge in [0.25, 0.3) is 0 Å². The number of rotatable bonds is 2. The minimum atomic E-state index is -4.32. The average Bonchev–Trinajstić information content (AvgIpc) is 2.97. The third-order valence-electron chi connectivity index (χ3n) is 3.17. The van der Waals surface area contributed by atoms with Crippen LogP contribution in [0.1, 0.15) is 5.56 Å². The van der Waals surface area contributed by atoms with Crippen LogP contribution in [-0.4, -0.2) is 4.98 Å². The van der Waals surface area contributed by atoms with E-state index in [1.807, 2.05) is 17.5 Å². The van der Waals surface area contributed by atoms with Crippen molar-refractivity contribution in [1.29, 1.82) is 0 Å². The van der Waals surface area contributed by atoms with Crippen LogP contribution >= 0.6 is 11.3 Å². The number of nitrogens with zero attached hydrogens (tertiary/aromatic N) is 1. The molecule has 22 heavy (non-hydrogen) atoms. The summed E-state index contributed by atoms with van der Waals surface area (Å²) >= 11 is 1.44. The van der Waals surface area contributed by atoms with Crippen molar-refractivity contribution in [1.82, 2.24) is 4.98 Å². The number of nitrogens with two attached hydrogens (primary N) is 1. The SMILES string of the molecule is Nc1ccc(-c2nc(-c3ccc(C(F)(F)F)cc3)cs2)cc1. The van der Waals surface area contributed by atoms with Gasteiger partial charge in [0, 0.05) is 22.2 Å². The van der Waals surface area contributed by atoms with Crippen molar-refractivity contribution in [2.24, 2.45) is 0 Å². The van der Waals surface area contributed by atoms with Crippen molar-refractivity contribution in [2.75, 3.05) is 5.73 Å². The van der Waals surface area contributed by atoms with Gasteiger partial charge in [-0.05, 0) is 36.4 Å². The first-order valence-electron chi connectivity index (χ1n) is 6.42. The molecule has 1 heterocycles. The molecule has 0 unspecified atom stereocenters. The molecule has 0 atom stereocenters. The van der Waals surface area contributed by atoms with Crippen LogP contribution in [-0.2, 0) is 6.18 Å². The zero-order valence-corrected chi connectivity index (χ0v) is 12.1. The second-order valence-corrected chi connectivity index (χ2v) is 5.59. The van der Waals surface area contributed by atoms with E-state index in [2.05, 4.69) is 4.98 Å². The van der Waals surface area contributed by atoms with Gasteiger partial charge in [-0.1, -0.05) is 12.1 Å². The Morgan fingerprint density at radius 3 is 2.05 bits per heavy atom. The monoisotopic (exact) mass is 320 g/mol. The number of anilines is 1. The van der Waals surface area contributed by atoms with Crippen LogP contribution < -0.4 is 5.73 Å². The van der Waals surface area contributed by atoms with Crippen molar-refractivity contribution in [3.05, 3.63) is 59.5 Å². The van der Waals surface area contributed by atoms with E-state index in [1.165, 1.54) is 23.5 Å². The van der Waals surface area contributed by atoms with Gasteiger partial charge < -0.3 is 5.73 Å². The van der Waals surface area contributed by atoms with E-state index in [9.17, 15) is 13.2 Å². The Morgan fingerprint density at radius 2 is 1.45 bits per heavy atom. The first kappa shape index (κ1) is 14.6. The van der Waals surface area contributed by atoms with Crippen LogP contribution in [0.25, 0.3) is 21.8 Å². The quantitative estimate of drug-likeness (QED) is 0.669. The molecule has 3 aromatic rings. The highest BCUT2D eigenvalue weighted by molar-refractivity contribution is 7.13. The van der Waals surface area contributed by atoms with Gasteiger partial charge in [0.15, 0.2) is 0 Å². The molecule has 0 fully saturated rings. The van der Waals surface area contributed by atoms with Gasteiger partial charge in [0.1, 0.15) is 5.01 Å². The zero-order chi connectivity index (χ0) is 15.7. The third kappa shape index (κ3) is 2.96. The summed E-state index contributed by atoms with van der Waals surface area (Å²) in [5.41, 5.74) is 7.89. The fourth-order valence-corrected chi connectivity index (χ4v) is 2.83. The zero-order valence-electron chi connectivity index (χ0n) is 11.3. The molecular weight excluding hydrogens is 309 g/mol. The van der Waals surface area contributed by atoms with Gasteiger partial charge >= 0.3 is 6.18 Å². The molecule has 6 heteroatoms. The molecule has 0 bridgehead atoms. The second-order valence-electron chi connectivity index (χ2n) is 4.74. The van der Waals surface area contributed by atoms with Gasteiger partial charge in [0.2, 0.25) is 0 Å². The summed E-state index contributed by atoms with van der Waals surface area (Å²) in [6.07, 6.45) is -4.32. The number of hydrogen-bond donors (Lipinski definition) is 1. The molecule has 0 amide bonds. The van der Waals surface area contributed by atoms with Crippen LogP contribution in [0.3, 0.4) is 0 Å². The van der Waals surface area contributed by atoms with Gasteiger partial charge in [-0.2, -0.15) is 13.2 Å². The maximum atomic E-state index is 12.6. The van der Waals surface area contributed by atoms with E-state index in [0.717, 1.165) is 22.7 Å². The Labute approximate surface area is 129 Å². The largest absolute Gasteiger partial charge is 0.416 e. The number of hydrogen-bond acceptors (Lipinski definition) is 3. The van der Waals surface area contributed by atoms with E-state index in [-0.39, 0.29) is 0 Å². The number of aromatic nitrogens is 1. The molecule has 0 radical (unpaired) electrons. The number of thiazole rings is 1. The fourth-order valence-electron chi connectivity index (χ4n) is 1.99. The van der Waals surface area contributed by atoms with Crippen LogP contribution in [0.5, 0.6) is 0 Å². The van der Waals surface area contributed by atoms with Crippen molar-refractivity contribution < 1.29 is 13.2 Å². The van der Waals surface area contributed by atoms with Crippen molar-refractivity contribution in [3.63, 3.8) is 0 Å². The first-order chi connectivity index (χ1) is 10.4. The predicted molar refractivity (Wildman–Crippen MR) is 82.4 cm³/mol. The van der Waals surface area contributed by atoms with Crippen molar-refractivity contribution in [3.8, 4) is 21.8 Å². The summed E-state index contributed by atoms with van der Waals surface area (Å²) in [6.45, 7) is 0. The molecule has 0 saturated carbocycles. The maximum absolute atomic E-state index is 12.6. The smallest absolute Gasteiger partial charge is 0.399 e. The molecule has 0 aliphatic carbocycles. The van der Waals surface area contributed by atoms with E-state index in [4.69, 9.17) is 5.73 Å². The van der Waals surface area contributed by atoms with E-state index < -0.39 is 11.7 Å². The first-order valence-corrected chi connectivity index (χ1v) is 7.30. The third-order valence-corrected chi connectivity index (χ3v) is 4.06. The van der Waals surface area contributed by atoms with E-state index >= 15 is 0 Å². The van der Waals surface area contributed by atoms with Crippen molar-refractivity contribution >= 4 is 17.0 Å². The Kier molecular flexibility index (Phi) is 3.62. The van der Waals surface area contributed by atoms with Gasteiger partial charge in [-0.25, -0.2) is 4.98 Å². The number of benzene rings is 2. The maximum Gasteiger partial charge on any atom is 0.416 e. The van der Waals surface area contributed by atoms with E-state index in [1.54, 1.807) is 12.1 Å². The minimum absolute atomic E-state index is 0.658. The predicted octanol–water partition coefficient (Wildman–Crippen LogP) is 5.08. The lowest BCUT2D eigenvalue weighted by molar-refractivity contribution is -0.137. The highest BCUT2D eigenvalue weighted by Gasteiger charge is 2.30. The van der Waals surface area contributed by atoms with E-state index in [0.29, 0.717) is 16.9 Å². The highest BCUT2D eigenvalue weighted by Crippen LogP contribution is 2.32. The molecule has 0 saturated heterocycles. The second kappa shape index (κ2) is 5.46. The van der Waals surface area contributed by atoms with Crippen LogP contribution in [0.15, 0.2) is 53.9 Å². The summed E-state index contributed by atoms with van der Waals surface area (Å²) in [5.74, 6) is 0. The summed E-state index contributed by atoms with van der Waals surface area (Å²) in [4.78, 5) is 4.47. The molecule has 112 valence electrons. The average molecular weight is 320 g/mol.